The van der Waals surface area contributed by atoms with Crippen molar-refractivity contribution in [3.8, 4) is 0 Å². The molecular weight excluding hydrogens is 274 g/mol. The fourth-order valence-electron chi connectivity index (χ4n) is 1.59. The topological polar surface area (TPSA) is 103 Å². The second-order valence-corrected chi connectivity index (χ2v) is 4.18. The maximum absolute atomic E-state index is 12.0. The molecule has 21 heavy (non-hydrogen) atoms. The molecule has 0 aliphatic carbocycles. The Morgan fingerprint density at radius 1 is 1.24 bits per heavy atom. The molecule has 0 aliphatic heterocycles. The summed E-state index contributed by atoms with van der Waals surface area (Å²) >= 11 is 0. The summed E-state index contributed by atoms with van der Waals surface area (Å²) < 4.78 is 9.91. The molecule has 0 heterocycles. The third kappa shape index (κ3) is 6.35. The van der Waals surface area contributed by atoms with Gasteiger partial charge in [0.1, 0.15) is 6.61 Å². The first kappa shape index (κ1) is 17.1. The third-order valence-electron chi connectivity index (χ3n) is 2.53. The van der Waals surface area contributed by atoms with Crippen molar-refractivity contribution in [2.24, 2.45) is 5.73 Å². The summed E-state index contributed by atoms with van der Waals surface area (Å²) in [5.74, 6) is -0.605. The lowest BCUT2D eigenvalue weighted by molar-refractivity contribution is -0.120. The van der Waals surface area contributed by atoms with E-state index in [1.54, 1.807) is 31.4 Å². The third-order valence-corrected chi connectivity index (χ3v) is 2.53. The van der Waals surface area contributed by atoms with Gasteiger partial charge in [-0.05, 0) is 12.1 Å². The molecule has 7 heteroatoms. The molecule has 7 nitrogen and oxygen atoms in total. The zero-order chi connectivity index (χ0) is 15.5. The molecule has 0 saturated carbocycles. The fraction of sp³-hybridized carbons (Fsp3) is 0.429. The van der Waals surface area contributed by atoms with Crippen LogP contribution in [-0.2, 0) is 14.3 Å². The number of rotatable bonds is 9. The van der Waals surface area contributed by atoms with Crippen LogP contribution in [0.5, 0.6) is 0 Å². The predicted molar refractivity (Wildman–Crippen MR) is 79.2 cm³/mol. The van der Waals surface area contributed by atoms with Crippen LogP contribution in [0.15, 0.2) is 24.3 Å². The molecule has 0 atom stereocenters. The molecule has 0 bridgehead atoms. The Morgan fingerprint density at radius 2 is 2.00 bits per heavy atom. The SMILES string of the molecule is COCCNC(=O)c1ccccc1NC(=O)COCCN. The van der Waals surface area contributed by atoms with E-state index >= 15 is 0 Å². The zero-order valence-corrected chi connectivity index (χ0v) is 12.1. The number of benzene rings is 1. The second kappa shape index (κ2) is 9.87. The summed E-state index contributed by atoms with van der Waals surface area (Å²) in [6, 6.07) is 6.76. The van der Waals surface area contributed by atoms with Crippen LogP contribution in [-0.4, -0.2) is 51.8 Å². The maximum atomic E-state index is 12.0. The molecule has 0 saturated heterocycles. The van der Waals surface area contributed by atoms with E-state index in [4.69, 9.17) is 15.2 Å². The molecule has 0 aromatic heterocycles. The van der Waals surface area contributed by atoms with Crippen molar-refractivity contribution in [1.29, 1.82) is 0 Å². The number of carbonyl (C=O) groups excluding carboxylic acids is 2. The number of hydrogen-bond donors (Lipinski definition) is 3. The summed E-state index contributed by atoms with van der Waals surface area (Å²) in [4.78, 5) is 23.7. The average Bonchev–Trinajstić information content (AvgIpc) is 2.48. The normalized spacial score (nSPS) is 10.2. The highest BCUT2D eigenvalue weighted by atomic mass is 16.5. The minimum absolute atomic E-state index is 0.100. The van der Waals surface area contributed by atoms with Gasteiger partial charge in [0.2, 0.25) is 5.91 Å². The molecule has 1 aromatic rings. The molecule has 4 N–H and O–H groups in total. The van der Waals surface area contributed by atoms with Crippen molar-refractivity contribution in [2.75, 3.05) is 45.3 Å². The predicted octanol–water partition coefficient (Wildman–Crippen LogP) is -0.0234. The minimum atomic E-state index is -0.333. The number of nitrogens with two attached hydrogens (primary N) is 1. The molecule has 0 radical (unpaired) electrons. The molecular formula is C14H21N3O4. The van der Waals surface area contributed by atoms with Crippen LogP contribution in [0.4, 0.5) is 5.69 Å². The van der Waals surface area contributed by atoms with Gasteiger partial charge in [0.05, 0.1) is 24.5 Å². The molecule has 0 spiro atoms. The fourth-order valence-corrected chi connectivity index (χ4v) is 1.59. The molecule has 2 amide bonds. The van der Waals surface area contributed by atoms with E-state index in [1.807, 2.05) is 0 Å². The van der Waals surface area contributed by atoms with E-state index in [1.165, 1.54) is 0 Å². The monoisotopic (exact) mass is 295 g/mol. The Hall–Kier alpha value is -1.96. The number of anilines is 1. The second-order valence-electron chi connectivity index (χ2n) is 4.18. The Balaban J connectivity index is 2.61. The Morgan fingerprint density at radius 3 is 2.71 bits per heavy atom. The van der Waals surface area contributed by atoms with E-state index in [2.05, 4.69) is 10.6 Å². The lowest BCUT2D eigenvalue weighted by Crippen LogP contribution is -2.28. The Bertz CT molecular complexity index is 465. The van der Waals surface area contributed by atoms with E-state index in [0.717, 1.165) is 0 Å². The van der Waals surface area contributed by atoms with Crippen molar-refractivity contribution in [3.63, 3.8) is 0 Å². The number of amides is 2. The van der Waals surface area contributed by atoms with E-state index in [9.17, 15) is 9.59 Å². The Labute approximate surface area is 123 Å². The van der Waals surface area contributed by atoms with Crippen LogP contribution < -0.4 is 16.4 Å². The average molecular weight is 295 g/mol. The van der Waals surface area contributed by atoms with Crippen LogP contribution in [0.1, 0.15) is 10.4 Å². The van der Waals surface area contributed by atoms with Gasteiger partial charge < -0.3 is 25.8 Å². The lowest BCUT2D eigenvalue weighted by atomic mass is 10.1. The van der Waals surface area contributed by atoms with Gasteiger partial charge in [-0.1, -0.05) is 12.1 Å². The van der Waals surface area contributed by atoms with Crippen LogP contribution in [0, 0.1) is 0 Å². The highest BCUT2D eigenvalue weighted by Gasteiger charge is 2.12. The van der Waals surface area contributed by atoms with Gasteiger partial charge in [0.15, 0.2) is 0 Å². The van der Waals surface area contributed by atoms with Crippen LogP contribution in [0.3, 0.4) is 0 Å². The van der Waals surface area contributed by atoms with Crippen LogP contribution in [0.25, 0.3) is 0 Å². The van der Waals surface area contributed by atoms with Crippen molar-refractivity contribution in [1.82, 2.24) is 5.32 Å². The molecule has 0 fully saturated rings. The van der Waals surface area contributed by atoms with Crippen LogP contribution >= 0.6 is 0 Å². The zero-order valence-electron chi connectivity index (χ0n) is 12.1. The number of carbonyl (C=O) groups is 2. The molecule has 0 unspecified atom stereocenters. The van der Waals surface area contributed by atoms with Gasteiger partial charge in [0.25, 0.3) is 5.91 Å². The highest BCUT2D eigenvalue weighted by Crippen LogP contribution is 2.14. The highest BCUT2D eigenvalue weighted by molar-refractivity contribution is 6.03. The summed E-state index contributed by atoms with van der Waals surface area (Å²) in [6.45, 7) is 1.39. The van der Waals surface area contributed by atoms with Gasteiger partial charge in [-0.2, -0.15) is 0 Å². The van der Waals surface area contributed by atoms with E-state index in [0.29, 0.717) is 37.6 Å². The van der Waals surface area contributed by atoms with Crippen LogP contribution in [0.2, 0.25) is 0 Å². The smallest absolute Gasteiger partial charge is 0.253 e. The lowest BCUT2D eigenvalue weighted by Gasteiger charge is -2.11. The number of ether oxygens (including phenoxy) is 2. The quantitative estimate of drug-likeness (QED) is 0.555. The van der Waals surface area contributed by atoms with Crippen molar-refractivity contribution >= 4 is 17.5 Å². The van der Waals surface area contributed by atoms with Crippen molar-refractivity contribution in [2.45, 2.75) is 0 Å². The first-order valence-corrected chi connectivity index (χ1v) is 6.63. The summed E-state index contributed by atoms with van der Waals surface area (Å²) in [6.07, 6.45) is 0. The standard InChI is InChI=1S/C14H21N3O4/c1-20-9-7-16-14(19)11-4-2-3-5-12(11)17-13(18)10-21-8-6-15/h2-5H,6-10,15H2,1H3,(H,16,19)(H,17,18). The van der Waals surface area contributed by atoms with E-state index < -0.39 is 0 Å². The maximum Gasteiger partial charge on any atom is 0.253 e. The minimum Gasteiger partial charge on any atom is -0.383 e. The van der Waals surface area contributed by atoms with Crippen molar-refractivity contribution in [3.05, 3.63) is 29.8 Å². The summed E-state index contributed by atoms with van der Waals surface area (Å²) in [5.41, 5.74) is 6.10. The van der Waals surface area contributed by atoms with Gasteiger partial charge in [-0.3, -0.25) is 9.59 Å². The van der Waals surface area contributed by atoms with E-state index in [-0.39, 0.29) is 18.4 Å². The largest absolute Gasteiger partial charge is 0.383 e. The molecule has 116 valence electrons. The molecule has 1 aromatic carbocycles. The summed E-state index contributed by atoms with van der Waals surface area (Å²) in [7, 11) is 1.56. The number of para-hydroxylation sites is 1. The van der Waals surface area contributed by atoms with Gasteiger partial charge >= 0.3 is 0 Å². The first-order valence-electron chi connectivity index (χ1n) is 6.63. The molecule has 0 aliphatic rings. The first-order chi connectivity index (χ1) is 10.2. The van der Waals surface area contributed by atoms with Gasteiger partial charge in [-0.25, -0.2) is 0 Å². The summed E-state index contributed by atoms with van der Waals surface area (Å²) in [5, 5.41) is 5.35. The van der Waals surface area contributed by atoms with Crippen molar-refractivity contribution < 1.29 is 19.1 Å². The molecule has 1 rings (SSSR count). The van der Waals surface area contributed by atoms with Gasteiger partial charge in [0, 0.05) is 20.2 Å². The number of methoxy groups -OCH3 is 1. The number of hydrogen-bond acceptors (Lipinski definition) is 5. The van der Waals surface area contributed by atoms with Gasteiger partial charge in [-0.15, -0.1) is 0 Å². The number of nitrogens with one attached hydrogen (secondary N) is 2. The Kier molecular flexibility index (Phi) is 8.03.